The molecule has 0 aliphatic carbocycles. The number of unbranched alkanes of at least 4 members (excludes halogenated alkanes) is 1. The van der Waals surface area contributed by atoms with E-state index in [0.717, 1.165) is 43.6 Å². The van der Waals surface area contributed by atoms with Gasteiger partial charge in [-0.15, -0.1) is 0 Å². The number of nitrogens with one attached hydrogen (secondary N) is 1. The number of aromatic nitrogens is 2. The van der Waals surface area contributed by atoms with Crippen LogP contribution in [0.5, 0.6) is 0 Å². The van der Waals surface area contributed by atoms with Crippen molar-refractivity contribution in [2.24, 2.45) is 5.92 Å². The largest absolute Gasteiger partial charge is 0.349 e. The number of carbonyl (C=O) groups excluding carboxylic acids is 2. The Morgan fingerprint density at radius 3 is 2.60 bits per heavy atom. The van der Waals surface area contributed by atoms with Crippen molar-refractivity contribution < 1.29 is 9.59 Å². The first-order chi connectivity index (χ1) is 11.9. The molecule has 1 aromatic heterocycles. The zero-order valence-electron chi connectivity index (χ0n) is 15.9. The lowest BCUT2D eigenvalue weighted by Gasteiger charge is -2.32. The van der Waals surface area contributed by atoms with Crippen molar-refractivity contribution in [3.63, 3.8) is 0 Å². The maximum absolute atomic E-state index is 12.5. The topological polar surface area (TPSA) is 70.5 Å². The Kier molecular flexibility index (Phi) is 6.84. The molecule has 2 heterocycles. The predicted octanol–water partition coefficient (Wildman–Crippen LogP) is 2.71. The molecule has 0 unspecified atom stereocenters. The van der Waals surface area contributed by atoms with Gasteiger partial charge in [-0.1, -0.05) is 13.3 Å². The predicted molar refractivity (Wildman–Crippen MR) is 98.5 cm³/mol. The smallest absolute Gasteiger partial charge is 0.321 e. The summed E-state index contributed by atoms with van der Waals surface area (Å²) in [4.78, 5) is 27.8. The van der Waals surface area contributed by atoms with Crippen LogP contribution in [0.3, 0.4) is 0 Å². The van der Waals surface area contributed by atoms with Crippen LogP contribution in [0.25, 0.3) is 0 Å². The molecule has 1 fully saturated rings. The highest BCUT2D eigenvalue weighted by atomic mass is 16.2. The number of aryl methyl sites for hydroxylation is 1. The van der Waals surface area contributed by atoms with E-state index >= 15 is 0 Å². The molecule has 0 atom stereocenters. The molecule has 0 saturated carbocycles. The molecule has 1 aliphatic heterocycles. The van der Waals surface area contributed by atoms with E-state index in [1.165, 1.54) is 0 Å². The summed E-state index contributed by atoms with van der Waals surface area (Å²) in [5, 5.41) is 7.33. The monoisotopic (exact) mass is 349 g/mol. The standard InChI is InChI=1S/C18H31N5O2/c1-5-6-9-23-14(2)16(13-19-23)20-18(25)22-10-7-15(8-11-22)12-17(24)21(3)4/h13,15H,5-12H2,1-4H3,(H,20,25). The Hall–Kier alpha value is -2.05. The van der Waals surface area contributed by atoms with Crippen molar-refractivity contribution in [2.75, 3.05) is 32.5 Å². The van der Waals surface area contributed by atoms with E-state index in [9.17, 15) is 9.59 Å². The van der Waals surface area contributed by atoms with Gasteiger partial charge in [0.05, 0.1) is 17.6 Å². The van der Waals surface area contributed by atoms with Gasteiger partial charge in [0.2, 0.25) is 5.91 Å². The van der Waals surface area contributed by atoms with E-state index in [2.05, 4.69) is 17.3 Å². The zero-order chi connectivity index (χ0) is 18.4. The molecule has 0 bridgehead atoms. The van der Waals surface area contributed by atoms with E-state index < -0.39 is 0 Å². The minimum atomic E-state index is -0.0736. The summed E-state index contributed by atoms with van der Waals surface area (Å²) in [7, 11) is 3.57. The molecule has 140 valence electrons. The number of hydrogen-bond acceptors (Lipinski definition) is 3. The molecule has 1 saturated heterocycles. The van der Waals surface area contributed by atoms with Gasteiger partial charge in [-0.05, 0) is 32.1 Å². The van der Waals surface area contributed by atoms with Gasteiger partial charge in [0.15, 0.2) is 0 Å². The van der Waals surface area contributed by atoms with E-state index in [-0.39, 0.29) is 11.9 Å². The van der Waals surface area contributed by atoms with Gasteiger partial charge in [0, 0.05) is 40.2 Å². The average Bonchev–Trinajstić information content (AvgIpc) is 2.93. The SMILES string of the molecule is CCCCn1ncc(NC(=O)N2CCC(CC(=O)N(C)C)CC2)c1C. The Bertz CT molecular complexity index is 588. The Morgan fingerprint density at radius 1 is 1.32 bits per heavy atom. The van der Waals surface area contributed by atoms with Gasteiger partial charge in [0.1, 0.15) is 0 Å². The zero-order valence-corrected chi connectivity index (χ0v) is 15.9. The molecule has 0 aromatic carbocycles. The van der Waals surface area contributed by atoms with Gasteiger partial charge < -0.3 is 15.1 Å². The Labute approximate surface area is 150 Å². The average molecular weight is 349 g/mol. The summed E-state index contributed by atoms with van der Waals surface area (Å²) >= 11 is 0. The second-order valence-electron chi connectivity index (χ2n) is 7.07. The van der Waals surface area contributed by atoms with Crippen molar-refractivity contribution in [1.29, 1.82) is 0 Å². The molecule has 25 heavy (non-hydrogen) atoms. The third-order valence-electron chi connectivity index (χ3n) is 4.93. The van der Waals surface area contributed by atoms with Crippen molar-refractivity contribution in [3.8, 4) is 0 Å². The van der Waals surface area contributed by atoms with Gasteiger partial charge in [-0.25, -0.2) is 4.79 Å². The minimum Gasteiger partial charge on any atom is -0.349 e. The number of likely N-dealkylation sites (tertiary alicyclic amines) is 1. The highest BCUT2D eigenvalue weighted by Gasteiger charge is 2.25. The molecule has 0 spiro atoms. The van der Waals surface area contributed by atoms with Crippen LogP contribution in [0.15, 0.2) is 6.20 Å². The number of piperidine rings is 1. The third-order valence-corrected chi connectivity index (χ3v) is 4.93. The van der Waals surface area contributed by atoms with E-state index in [1.54, 1.807) is 25.2 Å². The van der Waals surface area contributed by atoms with Crippen LogP contribution in [-0.2, 0) is 11.3 Å². The molecule has 7 nitrogen and oxygen atoms in total. The number of amides is 3. The van der Waals surface area contributed by atoms with E-state index in [0.29, 0.717) is 25.4 Å². The molecule has 1 aromatic rings. The molecule has 1 aliphatic rings. The second-order valence-corrected chi connectivity index (χ2v) is 7.07. The molecular formula is C18H31N5O2. The first-order valence-corrected chi connectivity index (χ1v) is 9.20. The number of urea groups is 1. The summed E-state index contributed by atoms with van der Waals surface area (Å²) in [5.74, 6) is 0.537. The van der Waals surface area contributed by atoms with Crippen LogP contribution in [-0.4, -0.2) is 58.7 Å². The van der Waals surface area contributed by atoms with E-state index in [1.807, 2.05) is 16.5 Å². The van der Waals surface area contributed by atoms with Gasteiger partial charge >= 0.3 is 6.03 Å². The summed E-state index contributed by atoms with van der Waals surface area (Å²) < 4.78 is 1.94. The summed E-state index contributed by atoms with van der Waals surface area (Å²) in [6.45, 7) is 6.40. The molecule has 0 radical (unpaired) electrons. The van der Waals surface area contributed by atoms with Crippen LogP contribution in [0.4, 0.5) is 10.5 Å². The van der Waals surface area contributed by atoms with Gasteiger partial charge in [-0.3, -0.25) is 9.48 Å². The quantitative estimate of drug-likeness (QED) is 0.858. The first kappa shape index (κ1) is 19.3. The fourth-order valence-electron chi connectivity index (χ4n) is 3.07. The lowest BCUT2D eigenvalue weighted by Crippen LogP contribution is -2.41. The number of rotatable bonds is 6. The molecule has 2 rings (SSSR count). The minimum absolute atomic E-state index is 0.0736. The third kappa shape index (κ3) is 5.21. The van der Waals surface area contributed by atoms with Crippen molar-refractivity contribution >= 4 is 17.6 Å². The van der Waals surface area contributed by atoms with Crippen LogP contribution in [0, 0.1) is 12.8 Å². The number of nitrogens with zero attached hydrogens (tertiary/aromatic N) is 4. The highest BCUT2D eigenvalue weighted by molar-refractivity contribution is 5.89. The summed E-state index contributed by atoms with van der Waals surface area (Å²) in [6, 6.07) is -0.0736. The Morgan fingerprint density at radius 2 is 2.00 bits per heavy atom. The van der Waals surface area contributed by atoms with Crippen LogP contribution >= 0.6 is 0 Å². The number of anilines is 1. The maximum atomic E-state index is 12.5. The molecule has 3 amide bonds. The van der Waals surface area contributed by atoms with Crippen LogP contribution < -0.4 is 5.32 Å². The van der Waals surface area contributed by atoms with E-state index in [4.69, 9.17) is 0 Å². The molecule has 7 heteroatoms. The summed E-state index contributed by atoms with van der Waals surface area (Å²) in [6.07, 6.45) is 6.25. The fraction of sp³-hybridized carbons (Fsp3) is 0.722. The lowest BCUT2D eigenvalue weighted by atomic mass is 9.93. The van der Waals surface area contributed by atoms with Crippen LogP contribution in [0.2, 0.25) is 0 Å². The van der Waals surface area contributed by atoms with Crippen molar-refractivity contribution in [1.82, 2.24) is 19.6 Å². The number of carbonyl (C=O) groups is 2. The normalized spacial score (nSPS) is 15.3. The fourth-order valence-corrected chi connectivity index (χ4v) is 3.07. The lowest BCUT2D eigenvalue weighted by molar-refractivity contribution is -0.129. The second kappa shape index (κ2) is 8.87. The summed E-state index contributed by atoms with van der Waals surface area (Å²) in [5.41, 5.74) is 1.78. The van der Waals surface area contributed by atoms with Crippen molar-refractivity contribution in [3.05, 3.63) is 11.9 Å². The van der Waals surface area contributed by atoms with Gasteiger partial charge in [-0.2, -0.15) is 5.10 Å². The van der Waals surface area contributed by atoms with Gasteiger partial charge in [0.25, 0.3) is 0 Å². The maximum Gasteiger partial charge on any atom is 0.321 e. The highest BCUT2D eigenvalue weighted by Crippen LogP contribution is 2.22. The van der Waals surface area contributed by atoms with Crippen molar-refractivity contribution in [2.45, 2.75) is 52.5 Å². The molecular weight excluding hydrogens is 318 g/mol. The Balaban J connectivity index is 1.83. The molecule has 1 N–H and O–H groups in total. The first-order valence-electron chi connectivity index (χ1n) is 9.20. The van der Waals surface area contributed by atoms with Crippen LogP contribution in [0.1, 0.15) is 44.7 Å². The number of hydrogen-bond donors (Lipinski definition) is 1.